The number of ether oxygens (including phenoxy) is 2. The van der Waals surface area contributed by atoms with Gasteiger partial charge in [0, 0.05) is 18.3 Å². The fraction of sp³-hybridized carbons (Fsp3) is 0.529. The van der Waals surface area contributed by atoms with Gasteiger partial charge >= 0.3 is 5.97 Å². The molecule has 0 saturated carbocycles. The minimum atomic E-state index is -0.581. The Kier molecular flexibility index (Phi) is 2.89. The quantitative estimate of drug-likeness (QED) is 0.504. The van der Waals surface area contributed by atoms with E-state index >= 15 is 0 Å². The van der Waals surface area contributed by atoms with E-state index < -0.39 is 5.60 Å². The van der Waals surface area contributed by atoms with E-state index in [-0.39, 0.29) is 35.6 Å². The average molecular weight is 286 g/mol. The monoisotopic (exact) mass is 286 g/mol. The number of ketones is 1. The Bertz CT molecular complexity index is 573. The number of cyclic esters (lactones) is 1. The Morgan fingerprint density at radius 1 is 1.19 bits per heavy atom. The molecule has 4 nitrogen and oxygen atoms in total. The van der Waals surface area contributed by atoms with Gasteiger partial charge in [0.15, 0.2) is 5.78 Å². The molecule has 4 bridgehead atoms. The molecule has 5 unspecified atom stereocenters. The van der Waals surface area contributed by atoms with Crippen molar-refractivity contribution < 1.29 is 19.1 Å². The molecular weight excluding hydrogens is 268 g/mol. The SMILES string of the molecule is O=C1CCC2C=CC3C4C=CC(=O)C3C2(C=CCCO1)O4. The summed E-state index contributed by atoms with van der Waals surface area (Å²) in [6, 6.07) is 0. The molecule has 2 heterocycles. The van der Waals surface area contributed by atoms with Crippen molar-refractivity contribution in [3.63, 3.8) is 0 Å². The van der Waals surface area contributed by atoms with E-state index in [0.717, 1.165) is 0 Å². The second-order valence-corrected chi connectivity index (χ2v) is 6.19. The van der Waals surface area contributed by atoms with E-state index in [2.05, 4.69) is 18.2 Å². The first kappa shape index (κ1) is 13.0. The highest BCUT2D eigenvalue weighted by molar-refractivity contribution is 5.95. The predicted octanol–water partition coefficient (Wildman–Crippen LogP) is 1.96. The average Bonchev–Trinajstić information content (AvgIpc) is 2.60. The summed E-state index contributed by atoms with van der Waals surface area (Å²) in [4.78, 5) is 24.1. The molecule has 1 fully saturated rings. The largest absolute Gasteiger partial charge is 0.465 e. The number of hydrogen-bond acceptors (Lipinski definition) is 4. The smallest absolute Gasteiger partial charge is 0.305 e. The lowest BCUT2D eigenvalue weighted by Crippen LogP contribution is -2.47. The van der Waals surface area contributed by atoms with Crippen LogP contribution >= 0.6 is 0 Å². The Morgan fingerprint density at radius 2 is 2.10 bits per heavy atom. The van der Waals surface area contributed by atoms with Gasteiger partial charge in [-0.2, -0.15) is 0 Å². The number of allylic oxidation sites excluding steroid dienone is 1. The van der Waals surface area contributed by atoms with Gasteiger partial charge < -0.3 is 9.47 Å². The van der Waals surface area contributed by atoms with Crippen LogP contribution in [-0.4, -0.2) is 30.1 Å². The van der Waals surface area contributed by atoms with Crippen molar-refractivity contribution in [3.8, 4) is 0 Å². The lowest BCUT2D eigenvalue weighted by atomic mass is 9.64. The zero-order chi connectivity index (χ0) is 14.4. The maximum absolute atomic E-state index is 12.4. The molecule has 5 atom stereocenters. The molecule has 0 radical (unpaired) electrons. The van der Waals surface area contributed by atoms with Gasteiger partial charge in [0.2, 0.25) is 0 Å². The van der Waals surface area contributed by atoms with Gasteiger partial charge in [0.1, 0.15) is 5.60 Å². The summed E-state index contributed by atoms with van der Waals surface area (Å²) in [5.41, 5.74) is -0.581. The van der Waals surface area contributed by atoms with Gasteiger partial charge in [-0.05, 0) is 18.9 Å². The lowest BCUT2D eigenvalue weighted by molar-refractivity contribution is -0.144. The summed E-state index contributed by atoms with van der Waals surface area (Å²) in [5.74, 6) is 0.0239. The Labute approximate surface area is 123 Å². The molecule has 1 spiro atoms. The summed E-state index contributed by atoms with van der Waals surface area (Å²) in [6.07, 6.45) is 13.5. The molecule has 21 heavy (non-hydrogen) atoms. The van der Waals surface area contributed by atoms with E-state index in [1.54, 1.807) is 6.08 Å². The Hall–Kier alpha value is -1.68. The Balaban J connectivity index is 1.77. The van der Waals surface area contributed by atoms with Crippen LogP contribution in [0.3, 0.4) is 0 Å². The molecule has 0 aromatic rings. The molecule has 0 aromatic carbocycles. The third-order valence-electron chi connectivity index (χ3n) is 5.08. The molecule has 4 aliphatic rings. The molecule has 0 N–H and O–H groups in total. The normalized spacial score (nSPS) is 44.4. The number of hydrogen-bond donors (Lipinski definition) is 0. The molecule has 2 aliphatic carbocycles. The molecule has 110 valence electrons. The second-order valence-electron chi connectivity index (χ2n) is 6.19. The first-order valence-electron chi connectivity index (χ1n) is 7.62. The van der Waals surface area contributed by atoms with Crippen molar-refractivity contribution >= 4 is 11.8 Å². The fourth-order valence-corrected chi connectivity index (χ4v) is 4.14. The highest BCUT2D eigenvalue weighted by Crippen LogP contribution is 2.54. The van der Waals surface area contributed by atoms with Crippen LogP contribution in [0.1, 0.15) is 19.3 Å². The van der Waals surface area contributed by atoms with Crippen LogP contribution in [0.25, 0.3) is 0 Å². The molecule has 0 amide bonds. The van der Waals surface area contributed by atoms with E-state index in [9.17, 15) is 9.59 Å². The minimum absolute atomic E-state index is 0.0199. The maximum atomic E-state index is 12.4. The van der Waals surface area contributed by atoms with E-state index in [4.69, 9.17) is 9.47 Å². The van der Waals surface area contributed by atoms with Crippen molar-refractivity contribution in [3.05, 3.63) is 36.5 Å². The lowest BCUT2D eigenvalue weighted by Gasteiger charge is -2.40. The van der Waals surface area contributed by atoms with Gasteiger partial charge in [-0.3, -0.25) is 9.59 Å². The van der Waals surface area contributed by atoms with Gasteiger partial charge in [-0.25, -0.2) is 0 Å². The zero-order valence-electron chi connectivity index (χ0n) is 11.7. The third kappa shape index (κ3) is 1.85. The summed E-state index contributed by atoms with van der Waals surface area (Å²) in [6.45, 7) is 0.398. The van der Waals surface area contributed by atoms with Crippen LogP contribution in [0.5, 0.6) is 0 Å². The van der Waals surface area contributed by atoms with Crippen molar-refractivity contribution in [2.75, 3.05) is 6.61 Å². The van der Waals surface area contributed by atoms with Gasteiger partial charge in [-0.15, -0.1) is 0 Å². The molecule has 2 aliphatic heterocycles. The summed E-state index contributed by atoms with van der Waals surface area (Å²) in [5, 5.41) is 0. The van der Waals surface area contributed by atoms with Crippen molar-refractivity contribution in [2.45, 2.75) is 31.0 Å². The highest BCUT2D eigenvalue weighted by Gasteiger charge is 2.60. The van der Waals surface area contributed by atoms with Gasteiger partial charge in [0.25, 0.3) is 0 Å². The maximum Gasteiger partial charge on any atom is 0.305 e. The van der Waals surface area contributed by atoms with Crippen molar-refractivity contribution in [1.29, 1.82) is 0 Å². The molecule has 1 saturated heterocycles. The number of rotatable bonds is 0. The van der Waals surface area contributed by atoms with E-state index in [0.29, 0.717) is 25.9 Å². The number of carbonyl (C=O) groups excluding carboxylic acids is 2. The fourth-order valence-electron chi connectivity index (χ4n) is 4.14. The predicted molar refractivity (Wildman–Crippen MR) is 75.3 cm³/mol. The highest BCUT2D eigenvalue weighted by atomic mass is 16.5. The number of esters is 1. The Morgan fingerprint density at radius 3 is 3.00 bits per heavy atom. The number of carbonyl (C=O) groups is 2. The molecular formula is C17H18O4. The van der Waals surface area contributed by atoms with Crippen LogP contribution in [0.4, 0.5) is 0 Å². The van der Waals surface area contributed by atoms with Crippen LogP contribution in [0.2, 0.25) is 0 Å². The van der Waals surface area contributed by atoms with E-state index in [1.807, 2.05) is 12.2 Å². The van der Waals surface area contributed by atoms with Crippen molar-refractivity contribution in [1.82, 2.24) is 0 Å². The first-order chi connectivity index (χ1) is 10.2. The third-order valence-corrected chi connectivity index (χ3v) is 5.08. The van der Waals surface area contributed by atoms with Crippen LogP contribution in [0, 0.1) is 17.8 Å². The van der Waals surface area contributed by atoms with Crippen LogP contribution in [-0.2, 0) is 19.1 Å². The molecule has 4 heteroatoms. The van der Waals surface area contributed by atoms with Gasteiger partial charge in [0.05, 0.1) is 18.6 Å². The van der Waals surface area contributed by atoms with Crippen molar-refractivity contribution in [2.24, 2.45) is 17.8 Å². The minimum Gasteiger partial charge on any atom is -0.465 e. The summed E-state index contributed by atoms with van der Waals surface area (Å²) >= 11 is 0. The standard InChI is InChI=1S/C17H18O4/c18-13-6-7-14-12-5-3-11-4-8-15(19)20-10-2-1-9-17(11,21-14)16(12)13/h1,3,5-7,9,11-12,14,16H,2,4,8,10H2. The molecule has 4 rings (SSSR count). The van der Waals surface area contributed by atoms with Crippen LogP contribution in [0.15, 0.2) is 36.5 Å². The van der Waals surface area contributed by atoms with E-state index in [1.165, 1.54) is 0 Å². The summed E-state index contributed by atoms with van der Waals surface area (Å²) in [7, 11) is 0. The summed E-state index contributed by atoms with van der Waals surface area (Å²) < 4.78 is 11.5. The topological polar surface area (TPSA) is 52.6 Å². The molecule has 0 aromatic heterocycles. The van der Waals surface area contributed by atoms with Gasteiger partial charge in [-0.1, -0.05) is 30.4 Å². The first-order valence-corrected chi connectivity index (χ1v) is 7.62. The van der Waals surface area contributed by atoms with Crippen LogP contribution < -0.4 is 0 Å². The zero-order valence-corrected chi connectivity index (χ0v) is 11.7. The second kappa shape index (κ2) is 4.67.